The Morgan fingerprint density at radius 3 is 3.00 bits per heavy atom. The molecular formula is C9H15O2. The molecule has 2 heteroatoms. The minimum atomic E-state index is -0.0350. The maximum absolute atomic E-state index is 11.1. The van der Waals surface area contributed by atoms with Crippen LogP contribution in [-0.4, -0.2) is 12.6 Å². The molecule has 0 saturated heterocycles. The lowest BCUT2D eigenvalue weighted by Gasteiger charge is -2.18. The molecule has 0 spiro atoms. The van der Waals surface area contributed by atoms with Crippen LogP contribution in [0.15, 0.2) is 0 Å². The highest BCUT2D eigenvalue weighted by Crippen LogP contribution is 2.23. The lowest BCUT2D eigenvalue weighted by atomic mass is 9.89. The van der Waals surface area contributed by atoms with E-state index in [0.717, 1.165) is 12.8 Å². The summed E-state index contributed by atoms with van der Waals surface area (Å²) in [6.45, 7) is 2.35. The Bertz CT molecular complexity index is 126. The average molecular weight is 155 g/mol. The molecule has 0 aromatic rings. The summed E-state index contributed by atoms with van der Waals surface area (Å²) in [5.74, 6) is 0.0518. The Morgan fingerprint density at radius 2 is 2.45 bits per heavy atom. The quantitative estimate of drug-likeness (QED) is 0.570. The summed E-state index contributed by atoms with van der Waals surface area (Å²) >= 11 is 0. The van der Waals surface area contributed by atoms with E-state index in [4.69, 9.17) is 4.74 Å². The third kappa shape index (κ3) is 2.52. The van der Waals surface area contributed by atoms with Gasteiger partial charge in [0.25, 0.3) is 0 Å². The Morgan fingerprint density at radius 1 is 1.64 bits per heavy atom. The average Bonchev–Trinajstić information content (AvgIpc) is 2.07. The summed E-state index contributed by atoms with van der Waals surface area (Å²) in [4.78, 5) is 11.1. The minimum absolute atomic E-state index is 0.0350. The fourth-order valence-corrected chi connectivity index (χ4v) is 1.41. The van der Waals surface area contributed by atoms with Crippen LogP contribution in [0, 0.1) is 12.3 Å². The lowest BCUT2D eigenvalue weighted by Crippen LogP contribution is -2.20. The molecule has 0 aliphatic heterocycles. The van der Waals surface area contributed by atoms with Crippen molar-refractivity contribution in [3.05, 3.63) is 6.42 Å². The van der Waals surface area contributed by atoms with Gasteiger partial charge in [0, 0.05) is 0 Å². The highest BCUT2D eigenvalue weighted by atomic mass is 16.5. The van der Waals surface area contributed by atoms with E-state index in [9.17, 15) is 4.79 Å². The van der Waals surface area contributed by atoms with Crippen molar-refractivity contribution in [2.24, 2.45) is 5.92 Å². The molecule has 0 N–H and O–H groups in total. The summed E-state index contributed by atoms with van der Waals surface area (Å²) < 4.78 is 4.91. The summed E-state index contributed by atoms with van der Waals surface area (Å²) in [6, 6.07) is 0. The number of hydrogen-bond donors (Lipinski definition) is 0. The number of carbonyl (C=O) groups is 1. The van der Waals surface area contributed by atoms with Crippen LogP contribution in [0.2, 0.25) is 0 Å². The number of carbonyl (C=O) groups excluding carboxylic acids is 1. The number of rotatable bonds is 2. The Labute approximate surface area is 67.9 Å². The van der Waals surface area contributed by atoms with Crippen molar-refractivity contribution in [2.75, 3.05) is 6.61 Å². The number of ether oxygens (including phenoxy) is 1. The van der Waals surface area contributed by atoms with E-state index in [1.165, 1.54) is 12.8 Å². The first kappa shape index (κ1) is 8.57. The van der Waals surface area contributed by atoms with Crippen LogP contribution in [-0.2, 0) is 9.53 Å². The molecule has 1 saturated carbocycles. The molecule has 1 atom stereocenters. The molecule has 0 amide bonds. The second-order valence-corrected chi connectivity index (χ2v) is 2.88. The number of esters is 1. The third-order valence-corrected chi connectivity index (χ3v) is 2.01. The predicted octanol–water partition coefficient (Wildman–Crippen LogP) is 1.94. The van der Waals surface area contributed by atoms with Crippen LogP contribution in [0.25, 0.3) is 0 Å². The SMILES string of the molecule is CCOC(=O)C1[CH]CCCC1. The van der Waals surface area contributed by atoms with Gasteiger partial charge in [-0.25, -0.2) is 0 Å². The van der Waals surface area contributed by atoms with Crippen molar-refractivity contribution < 1.29 is 9.53 Å². The first-order valence-electron chi connectivity index (χ1n) is 4.34. The minimum Gasteiger partial charge on any atom is -0.466 e. The first-order valence-corrected chi connectivity index (χ1v) is 4.34. The molecular weight excluding hydrogens is 140 g/mol. The molecule has 0 bridgehead atoms. The normalized spacial score (nSPS) is 19.7. The molecule has 1 rings (SSSR count). The number of hydrogen-bond acceptors (Lipinski definition) is 2. The van der Waals surface area contributed by atoms with Crippen molar-refractivity contribution >= 4 is 5.97 Å². The van der Waals surface area contributed by atoms with Crippen LogP contribution in [0.3, 0.4) is 0 Å². The largest absolute Gasteiger partial charge is 0.466 e. The molecule has 0 heterocycles. The van der Waals surface area contributed by atoms with Crippen molar-refractivity contribution in [1.29, 1.82) is 0 Å². The molecule has 11 heavy (non-hydrogen) atoms. The van der Waals surface area contributed by atoms with E-state index in [0.29, 0.717) is 6.61 Å². The van der Waals surface area contributed by atoms with E-state index in [2.05, 4.69) is 6.42 Å². The smallest absolute Gasteiger partial charge is 0.309 e. The zero-order valence-corrected chi connectivity index (χ0v) is 7.01. The zero-order chi connectivity index (χ0) is 8.10. The predicted molar refractivity (Wildman–Crippen MR) is 42.9 cm³/mol. The van der Waals surface area contributed by atoms with Crippen molar-refractivity contribution in [1.82, 2.24) is 0 Å². The standard InChI is InChI=1S/C9H15O2/c1-2-11-9(10)8-6-4-3-5-7-8/h6,8H,2-5,7H2,1H3. The van der Waals surface area contributed by atoms with Gasteiger partial charge in [0.2, 0.25) is 0 Å². The van der Waals surface area contributed by atoms with E-state index < -0.39 is 0 Å². The lowest BCUT2D eigenvalue weighted by molar-refractivity contribution is -0.147. The van der Waals surface area contributed by atoms with E-state index in [1.54, 1.807) is 0 Å². The van der Waals surface area contributed by atoms with Gasteiger partial charge in [-0.15, -0.1) is 0 Å². The fourth-order valence-electron chi connectivity index (χ4n) is 1.41. The molecule has 0 aromatic heterocycles. The fraction of sp³-hybridized carbons (Fsp3) is 0.778. The van der Waals surface area contributed by atoms with Crippen LogP contribution in [0.1, 0.15) is 32.6 Å². The van der Waals surface area contributed by atoms with Gasteiger partial charge in [-0.1, -0.05) is 12.8 Å². The molecule has 1 aliphatic rings. The van der Waals surface area contributed by atoms with Crippen LogP contribution >= 0.6 is 0 Å². The van der Waals surface area contributed by atoms with E-state index in [1.807, 2.05) is 6.92 Å². The molecule has 2 nitrogen and oxygen atoms in total. The maximum atomic E-state index is 11.1. The second kappa shape index (κ2) is 4.37. The van der Waals surface area contributed by atoms with Gasteiger partial charge in [-0.05, 0) is 26.2 Å². The Hall–Kier alpha value is -0.530. The summed E-state index contributed by atoms with van der Waals surface area (Å²) in [7, 11) is 0. The van der Waals surface area contributed by atoms with Gasteiger partial charge in [0.15, 0.2) is 0 Å². The van der Waals surface area contributed by atoms with Crippen LogP contribution < -0.4 is 0 Å². The van der Waals surface area contributed by atoms with Gasteiger partial charge in [-0.2, -0.15) is 0 Å². The second-order valence-electron chi connectivity index (χ2n) is 2.88. The van der Waals surface area contributed by atoms with Crippen molar-refractivity contribution in [3.63, 3.8) is 0 Å². The first-order chi connectivity index (χ1) is 5.34. The molecule has 1 unspecified atom stereocenters. The van der Waals surface area contributed by atoms with Crippen LogP contribution in [0.5, 0.6) is 0 Å². The van der Waals surface area contributed by atoms with Gasteiger partial charge < -0.3 is 4.74 Å². The molecule has 63 valence electrons. The van der Waals surface area contributed by atoms with Crippen LogP contribution in [0.4, 0.5) is 0 Å². The van der Waals surface area contributed by atoms with Gasteiger partial charge in [0.05, 0.1) is 12.5 Å². The Kier molecular flexibility index (Phi) is 3.40. The summed E-state index contributed by atoms with van der Waals surface area (Å²) in [5.41, 5.74) is 0. The summed E-state index contributed by atoms with van der Waals surface area (Å²) in [6.07, 6.45) is 6.54. The molecule has 1 aliphatic carbocycles. The summed E-state index contributed by atoms with van der Waals surface area (Å²) in [5, 5.41) is 0. The monoisotopic (exact) mass is 155 g/mol. The van der Waals surface area contributed by atoms with Gasteiger partial charge in [-0.3, -0.25) is 4.79 Å². The van der Waals surface area contributed by atoms with Gasteiger partial charge >= 0.3 is 5.97 Å². The topological polar surface area (TPSA) is 26.3 Å². The van der Waals surface area contributed by atoms with Crippen molar-refractivity contribution in [2.45, 2.75) is 32.6 Å². The maximum Gasteiger partial charge on any atom is 0.309 e. The highest BCUT2D eigenvalue weighted by Gasteiger charge is 2.21. The molecule has 1 fully saturated rings. The zero-order valence-electron chi connectivity index (χ0n) is 7.01. The third-order valence-electron chi connectivity index (χ3n) is 2.01. The van der Waals surface area contributed by atoms with E-state index >= 15 is 0 Å². The molecule has 1 radical (unpaired) electrons. The Balaban J connectivity index is 2.27. The van der Waals surface area contributed by atoms with Crippen molar-refractivity contribution in [3.8, 4) is 0 Å². The van der Waals surface area contributed by atoms with E-state index in [-0.39, 0.29) is 11.9 Å². The highest BCUT2D eigenvalue weighted by molar-refractivity contribution is 5.73. The van der Waals surface area contributed by atoms with Gasteiger partial charge in [0.1, 0.15) is 0 Å². The molecule has 0 aromatic carbocycles.